The summed E-state index contributed by atoms with van der Waals surface area (Å²) < 4.78 is 14.1. The highest BCUT2D eigenvalue weighted by Crippen LogP contribution is 2.20. The molecule has 0 aliphatic carbocycles. The van der Waals surface area contributed by atoms with E-state index in [0.29, 0.717) is 6.42 Å². The predicted molar refractivity (Wildman–Crippen MR) is 76.8 cm³/mol. The molecule has 1 aromatic heterocycles. The molecule has 0 amide bonds. The quantitative estimate of drug-likeness (QED) is 0.671. The van der Waals surface area contributed by atoms with Gasteiger partial charge < -0.3 is 0 Å². The maximum absolute atomic E-state index is 13.4. The molecule has 1 unspecified atom stereocenters. The van der Waals surface area contributed by atoms with Gasteiger partial charge in [-0.05, 0) is 49.2 Å². The maximum atomic E-state index is 13.4. The van der Waals surface area contributed by atoms with Crippen LogP contribution >= 0.6 is 15.9 Å². The first-order chi connectivity index (χ1) is 9.08. The number of hydrogen-bond acceptors (Lipinski definition) is 3. The number of halogens is 2. The minimum absolute atomic E-state index is 0.145. The van der Waals surface area contributed by atoms with Crippen LogP contribution in [0.3, 0.4) is 0 Å². The van der Waals surface area contributed by atoms with Crippen molar-refractivity contribution in [2.45, 2.75) is 19.4 Å². The third-order valence-electron chi connectivity index (χ3n) is 2.83. The van der Waals surface area contributed by atoms with E-state index in [1.165, 1.54) is 12.1 Å². The summed E-state index contributed by atoms with van der Waals surface area (Å²) >= 11 is 3.29. The van der Waals surface area contributed by atoms with Crippen LogP contribution in [0.15, 0.2) is 40.9 Å². The minimum Gasteiger partial charge on any atom is -0.271 e. The van der Waals surface area contributed by atoms with Crippen molar-refractivity contribution in [1.82, 2.24) is 10.4 Å². The fourth-order valence-corrected chi connectivity index (χ4v) is 2.48. The van der Waals surface area contributed by atoms with Crippen LogP contribution in [-0.4, -0.2) is 4.98 Å². The number of nitrogens with two attached hydrogens (primary N) is 1. The van der Waals surface area contributed by atoms with Gasteiger partial charge in [0.15, 0.2) is 0 Å². The summed E-state index contributed by atoms with van der Waals surface area (Å²) in [4.78, 5) is 4.44. The van der Waals surface area contributed by atoms with Crippen molar-refractivity contribution in [1.29, 1.82) is 0 Å². The molecule has 0 saturated heterocycles. The molecule has 3 nitrogen and oxygen atoms in total. The Morgan fingerprint density at radius 3 is 2.79 bits per heavy atom. The van der Waals surface area contributed by atoms with E-state index in [-0.39, 0.29) is 11.9 Å². The molecule has 100 valence electrons. The van der Waals surface area contributed by atoms with E-state index in [2.05, 4.69) is 26.3 Å². The third kappa shape index (κ3) is 3.83. The molecule has 0 bridgehead atoms. The summed E-state index contributed by atoms with van der Waals surface area (Å²) in [6.07, 6.45) is 0.573. The SMILES string of the molecule is Cc1cccc(C(Cc2cc(F)cc(Br)c2)NN)n1. The van der Waals surface area contributed by atoms with Crippen molar-refractivity contribution in [3.63, 3.8) is 0 Å². The van der Waals surface area contributed by atoms with Crippen molar-refractivity contribution in [2.75, 3.05) is 0 Å². The fraction of sp³-hybridized carbons (Fsp3) is 0.214. The van der Waals surface area contributed by atoms with Crippen LogP contribution in [0.2, 0.25) is 0 Å². The van der Waals surface area contributed by atoms with Gasteiger partial charge >= 0.3 is 0 Å². The van der Waals surface area contributed by atoms with Gasteiger partial charge in [-0.15, -0.1) is 0 Å². The van der Waals surface area contributed by atoms with Gasteiger partial charge in [0, 0.05) is 10.2 Å². The lowest BCUT2D eigenvalue weighted by molar-refractivity contribution is 0.534. The van der Waals surface area contributed by atoms with Crippen molar-refractivity contribution in [2.24, 2.45) is 5.84 Å². The number of rotatable bonds is 4. The molecule has 19 heavy (non-hydrogen) atoms. The summed E-state index contributed by atoms with van der Waals surface area (Å²) in [5.41, 5.74) is 5.37. The zero-order chi connectivity index (χ0) is 13.8. The van der Waals surface area contributed by atoms with E-state index in [1.54, 1.807) is 0 Å². The Kier molecular flexibility index (Phi) is 4.63. The summed E-state index contributed by atoms with van der Waals surface area (Å²) in [5, 5.41) is 0. The molecule has 1 heterocycles. The van der Waals surface area contributed by atoms with Crippen molar-refractivity contribution in [3.8, 4) is 0 Å². The first-order valence-corrected chi connectivity index (χ1v) is 6.72. The zero-order valence-electron chi connectivity index (χ0n) is 10.5. The van der Waals surface area contributed by atoms with Gasteiger partial charge in [-0.25, -0.2) is 4.39 Å². The number of pyridine rings is 1. The van der Waals surface area contributed by atoms with E-state index >= 15 is 0 Å². The first-order valence-electron chi connectivity index (χ1n) is 5.93. The average Bonchev–Trinajstić information content (AvgIpc) is 2.34. The van der Waals surface area contributed by atoms with Crippen LogP contribution in [-0.2, 0) is 6.42 Å². The number of aromatic nitrogens is 1. The van der Waals surface area contributed by atoms with Crippen molar-refractivity contribution < 1.29 is 4.39 Å². The number of nitrogens with one attached hydrogen (secondary N) is 1. The van der Waals surface area contributed by atoms with E-state index < -0.39 is 0 Å². The van der Waals surface area contributed by atoms with Gasteiger partial charge in [0.25, 0.3) is 0 Å². The Morgan fingerprint density at radius 2 is 2.16 bits per heavy atom. The molecule has 1 atom stereocenters. The number of nitrogens with zero attached hydrogens (tertiary/aromatic N) is 1. The second-order valence-corrected chi connectivity index (χ2v) is 5.32. The second-order valence-electron chi connectivity index (χ2n) is 4.40. The lowest BCUT2D eigenvalue weighted by Gasteiger charge is -2.16. The zero-order valence-corrected chi connectivity index (χ0v) is 12.1. The standard InChI is InChI=1S/C14H15BrFN3/c1-9-3-2-4-13(18-9)14(19-17)7-10-5-11(15)8-12(16)6-10/h2-6,8,14,19H,7,17H2,1H3. The van der Waals surface area contributed by atoms with Crippen LogP contribution in [0.25, 0.3) is 0 Å². The third-order valence-corrected chi connectivity index (χ3v) is 3.29. The largest absolute Gasteiger partial charge is 0.271 e. The fourth-order valence-electron chi connectivity index (χ4n) is 1.97. The molecule has 1 aromatic carbocycles. The molecule has 0 fully saturated rings. The summed E-state index contributed by atoms with van der Waals surface area (Å²) in [7, 11) is 0. The Morgan fingerprint density at radius 1 is 1.37 bits per heavy atom. The Labute approximate surface area is 120 Å². The van der Waals surface area contributed by atoms with Gasteiger partial charge in [-0.2, -0.15) is 0 Å². The molecule has 0 aliphatic rings. The highest BCUT2D eigenvalue weighted by molar-refractivity contribution is 9.10. The lowest BCUT2D eigenvalue weighted by atomic mass is 10.0. The molecule has 2 rings (SSSR count). The number of benzene rings is 1. The monoisotopic (exact) mass is 323 g/mol. The Balaban J connectivity index is 2.23. The highest BCUT2D eigenvalue weighted by atomic mass is 79.9. The second kappa shape index (κ2) is 6.23. The van der Waals surface area contributed by atoms with Gasteiger partial charge in [0.05, 0.1) is 11.7 Å². The smallest absolute Gasteiger partial charge is 0.124 e. The Hall–Kier alpha value is -1.30. The number of aryl methyl sites for hydroxylation is 1. The van der Waals surface area contributed by atoms with Crippen molar-refractivity contribution >= 4 is 15.9 Å². The highest BCUT2D eigenvalue weighted by Gasteiger charge is 2.13. The van der Waals surface area contributed by atoms with E-state index in [4.69, 9.17) is 5.84 Å². The molecular weight excluding hydrogens is 309 g/mol. The Bertz CT molecular complexity index is 554. The van der Waals surface area contributed by atoms with E-state index in [0.717, 1.165) is 21.4 Å². The average molecular weight is 324 g/mol. The molecule has 0 spiro atoms. The van der Waals surface area contributed by atoms with Crippen LogP contribution in [0.5, 0.6) is 0 Å². The van der Waals surface area contributed by atoms with E-state index in [1.807, 2.05) is 31.2 Å². The summed E-state index contributed by atoms with van der Waals surface area (Å²) in [6, 6.07) is 10.4. The molecule has 5 heteroatoms. The summed E-state index contributed by atoms with van der Waals surface area (Å²) in [6.45, 7) is 1.93. The van der Waals surface area contributed by atoms with E-state index in [9.17, 15) is 4.39 Å². The topological polar surface area (TPSA) is 50.9 Å². The van der Waals surface area contributed by atoms with Crippen LogP contribution in [0.4, 0.5) is 4.39 Å². The normalized spacial score (nSPS) is 12.4. The van der Waals surface area contributed by atoms with Gasteiger partial charge in [0.2, 0.25) is 0 Å². The molecule has 2 aromatic rings. The lowest BCUT2D eigenvalue weighted by Crippen LogP contribution is -2.30. The summed E-state index contributed by atoms with van der Waals surface area (Å²) in [5.74, 6) is 5.32. The van der Waals surface area contributed by atoms with Crippen molar-refractivity contribution in [3.05, 3.63) is 63.6 Å². The van der Waals surface area contributed by atoms with Gasteiger partial charge in [-0.3, -0.25) is 16.3 Å². The van der Waals surface area contributed by atoms with Gasteiger partial charge in [0.1, 0.15) is 5.82 Å². The van der Waals surface area contributed by atoms with Crippen LogP contribution in [0.1, 0.15) is 23.0 Å². The molecule has 3 N–H and O–H groups in total. The predicted octanol–water partition coefficient (Wildman–Crippen LogP) is 3.04. The maximum Gasteiger partial charge on any atom is 0.124 e. The van der Waals surface area contributed by atoms with Crippen LogP contribution < -0.4 is 11.3 Å². The van der Waals surface area contributed by atoms with Gasteiger partial charge in [-0.1, -0.05) is 22.0 Å². The number of hydrazine groups is 1. The molecule has 0 aliphatic heterocycles. The first kappa shape index (κ1) is 14.1. The number of hydrogen-bond donors (Lipinski definition) is 2. The molecular formula is C14H15BrFN3. The minimum atomic E-state index is -0.266. The molecule has 0 saturated carbocycles. The van der Waals surface area contributed by atoms with Crippen LogP contribution in [0, 0.1) is 12.7 Å². The molecule has 0 radical (unpaired) electrons.